The van der Waals surface area contributed by atoms with Crippen LogP contribution in [0.25, 0.3) is 0 Å². The molecule has 1 aromatic rings. The number of aromatic nitrogens is 2. The first kappa shape index (κ1) is 13.1. The second-order valence-corrected chi connectivity index (χ2v) is 8.32. The summed E-state index contributed by atoms with van der Waals surface area (Å²) in [6.07, 6.45) is 10.4. The minimum absolute atomic E-state index is 0.0161. The number of imidazole rings is 1. The number of amides is 1. The fraction of sp³-hybridized carbons (Fsp3) is 0.778. The predicted molar refractivity (Wildman–Crippen MR) is 83.7 cm³/mol. The number of nitrogens with zero attached hydrogens (tertiary/aromatic N) is 3. The van der Waals surface area contributed by atoms with E-state index >= 15 is 0 Å². The van der Waals surface area contributed by atoms with Crippen molar-refractivity contribution < 1.29 is 4.79 Å². The van der Waals surface area contributed by atoms with Gasteiger partial charge >= 0.3 is 0 Å². The van der Waals surface area contributed by atoms with Crippen LogP contribution < -0.4 is 0 Å². The van der Waals surface area contributed by atoms with Gasteiger partial charge in [0.25, 0.3) is 0 Å². The molecule has 4 aliphatic rings. The summed E-state index contributed by atoms with van der Waals surface area (Å²) in [5.41, 5.74) is 1.72. The maximum absolute atomic E-state index is 12.5. The molecule has 3 fully saturated rings. The van der Waals surface area contributed by atoms with E-state index in [1.165, 1.54) is 30.8 Å². The van der Waals surface area contributed by atoms with Gasteiger partial charge in [0.2, 0.25) is 5.91 Å². The van der Waals surface area contributed by atoms with Gasteiger partial charge in [0.15, 0.2) is 0 Å². The second-order valence-electron chi connectivity index (χ2n) is 8.32. The Balaban J connectivity index is 1.35. The van der Waals surface area contributed by atoms with Crippen molar-refractivity contribution in [1.82, 2.24) is 14.5 Å². The molecule has 0 atom stereocenters. The van der Waals surface area contributed by atoms with Gasteiger partial charge in [-0.2, -0.15) is 0 Å². The average Bonchev–Trinajstić information content (AvgIpc) is 3.44. The molecule has 0 bridgehead atoms. The van der Waals surface area contributed by atoms with E-state index in [1.54, 1.807) is 0 Å². The van der Waals surface area contributed by atoms with Crippen LogP contribution in [0, 0.1) is 5.41 Å². The largest absolute Gasteiger partial charge is 0.342 e. The molecule has 4 nitrogen and oxygen atoms in total. The Kier molecular flexibility index (Phi) is 2.48. The summed E-state index contributed by atoms with van der Waals surface area (Å²) >= 11 is 0. The maximum Gasteiger partial charge on any atom is 0.228 e. The Morgan fingerprint density at radius 2 is 1.82 bits per heavy atom. The molecule has 0 radical (unpaired) electrons. The number of piperidine rings is 1. The number of hydrogen-bond acceptors (Lipinski definition) is 2. The van der Waals surface area contributed by atoms with E-state index in [0.717, 1.165) is 51.2 Å². The lowest BCUT2D eigenvalue weighted by molar-refractivity contribution is -0.138. The number of carbonyl (C=O) groups is 1. The molecule has 3 heterocycles. The molecular weight excluding hydrogens is 274 g/mol. The molecule has 2 aliphatic heterocycles. The molecule has 0 N–H and O–H groups in total. The molecule has 0 aromatic carbocycles. The Bertz CT molecular complexity index is 631. The quantitative estimate of drug-likeness (QED) is 0.842. The maximum atomic E-state index is 12.5. The van der Waals surface area contributed by atoms with Gasteiger partial charge in [-0.3, -0.25) is 4.79 Å². The molecule has 1 spiro atoms. The number of hydrogen-bond donors (Lipinski definition) is 0. The molecule has 2 aliphatic carbocycles. The summed E-state index contributed by atoms with van der Waals surface area (Å²) in [4.78, 5) is 19.5. The van der Waals surface area contributed by atoms with Crippen LogP contribution in [0.4, 0.5) is 0 Å². The second kappa shape index (κ2) is 4.15. The molecule has 1 aromatic heterocycles. The molecule has 118 valence electrons. The Hall–Kier alpha value is -1.32. The fourth-order valence-electron chi connectivity index (χ4n) is 4.58. The third kappa shape index (κ3) is 1.76. The molecule has 1 amide bonds. The highest BCUT2D eigenvalue weighted by Crippen LogP contribution is 2.50. The molecule has 22 heavy (non-hydrogen) atoms. The van der Waals surface area contributed by atoms with Crippen LogP contribution in [0.5, 0.6) is 0 Å². The van der Waals surface area contributed by atoms with Crippen LogP contribution in [-0.2, 0) is 16.8 Å². The van der Waals surface area contributed by atoms with Crippen molar-refractivity contribution in [3.8, 4) is 0 Å². The van der Waals surface area contributed by atoms with Crippen molar-refractivity contribution in [2.45, 2.75) is 69.7 Å². The highest BCUT2D eigenvalue weighted by Gasteiger charge is 2.50. The Labute approximate surface area is 131 Å². The number of likely N-dealkylation sites (tertiary alicyclic amines) is 1. The smallest absolute Gasteiger partial charge is 0.228 e. The molecule has 0 unspecified atom stereocenters. The van der Waals surface area contributed by atoms with Crippen LogP contribution in [0.2, 0.25) is 0 Å². The summed E-state index contributed by atoms with van der Waals surface area (Å²) in [5.74, 6) is 2.52. The van der Waals surface area contributed by atoms with Crippen molar-refractivity contribution in [2.75, 3.05) is 13.1 Å². The fourth-order valence-corrected chi connectivity index (χ4v) is 4.58. The summed E-state index contributed by atoms with van der Waals surface area (Å²) in [5, 5.41) is 0. The lowest BCUT2D eigenvalue weighted by atomic mass is 9.76. The Morgan fingerprint density at radius 1 is 1.14 bits per heavy atom. The zero-order valence-corrected chi connectivity index (χ0v) is 13.5. The van der Waals surface area contributed by atoms with Crippen molar-refractivity contribution in [3.05, 3.63) is 17.7 Å². The summed E-state index contributed by atoms with van der Waals surface area (Å²) in [6.45, 7) is 5.14. The van der Waals surface area contributed by atoms with Gasteiger partial charge in [-0.05, 0) is 44.9 Å². The van der Waals surface area contributed by atoms with Crippen LogP contribution in [0.1, 0.15) is 69.3 Å². The van der Waals surface area contributed by atoms with E-state index in [-0.39, 0.29) is 10.8 Å². The first-order valence-electron chi connectivity index (χ1n) is 8.97. The van der Waals surface area contributed by atoms with Gasteiger partial charge in [0.05, 0.1) is 0 Å². The first-order chi connectivity index (χ1) is 10.6. The normalized spacial score (nSPS) is 28.0. The van der Waals surface area contributed by atoms with Crippen LogP contribution in [-0.4, -0.2) is 33.4 Å². The Morgan fingerprint density at radius 3 is 2.45 bits per heavy atom. The molecule has 5 rings (SSSR count). The van der Waals surface area contributed by atoms with Crippen molar-refractivity contribution in [2.24, 2.45) is 5.41 Å². The van der Waals surface area contributed by atoms with Crippen molar-refractivity contribution >= 4 is 5.91 Å². The zero-order chi connectivity index (χ0) is 14.9. The minimum atomic E-state index is -0.0161. The van der Waals surface area contributed by atoms with Crippen molar-refractivity contribution in [1.29, 1.82) is 0 Å². The molecule has 2 saturated carbocycles. The molecule has 1 saturated heterocycles. The minimum Gasteiger partial charge on any atom is -0.342 e. The van der Waals surface area contributed by atoms with Gasteiger partial charge < -0.3 is 9.47 Å². The van der Waals surface area contributed by atoms with Crippen LogP contribution in [0.15, 0.2) is 6.20 Å². The van der Waals surface area contributed by atoms with E-state index in [9.17, 15) is 4.79 Å². The third-order valence-electron chi connectivity index (χ3n) is 6.69. The number of carbonyl (C=O) groups excluding carboxylic acids is 1. The van der Waals surface area contributed by atoms with E-state index in [0.29, 0.717) is 5.91 Å². The van der Waals surface area contributed by atoms with Crippen molar-refractivity contribution in [3.63, 3.8) is 0 Å². The molecular formula is C18H25N3O. The van der Waals surface area contributed by atoms with E-state index in [1.807, 2.05) is 0 Å². The van der Waals surface area contributed by atoms with Crippen LogP contribution in [0.3, 0.4) is 0 Å². The van der Waals surface area contributed by atoms with Gasteiger partial charge in [0.1, 0.15) is 5.82 Å². The lowest BCUT2D eigenvalue weighted by Crippen LogP contribution is -2.46. The predicted octanol–water partition coefficient (Wildman–Crippen LogP) is 2.82. The van der Waals surface area contributed by atoms with Gasteiger partial charge in [-0.15, -0.1) is 0 Å². The summed E-state index contributed by atoms with van der Waals surface area (Å²) in [6, 6.07) is 0. The van der Waals surface area contributed by atoms with Gasteiger partial charge in [-0.25, -0.2) is 4.98 Å². The topological polar surface area (TPSA) is 38.1 Å². The monoisotopic (exact) mass is 299 g/mol. The van der Waals surface area contributed by atoms with E-state index in [2.05, 4.69) is 22.6 Å². The van der Waals surface area contributed by atoms with E-state index < -0.39 is 0 Å². The lowest BCUT2D eigenvalue weighted by Gasteiger charge is -2.39. The number of fused-ring (bicyclic) bond motifs is 2. The summed E-state index contributed by atoms with van der Waals surface area (Å²) in [7, 11) is 0. The zero-order valence-electron chi connectivity index (χ0n) is 13.5. The van der Waals surface area contributed by atoms with E-state index in [4.69, 9.17) is 4.98 Å². The number of rotatable bonds is 2. The first-order valence-corrected chi connectivity index (χ1v) is 8.97. The van der Waals surface area contributed by atoms with Gasteiger partial charge in [0, 0.05) is 48.3 Å². The highest BCUT2D eigenvalue weighted by molar-refractivity contribution is 5.85. The SMILES string of the molecule is CC1(C(=O)N2CCC3(CC2)CCn2c(C4CC4)cnc23)CC1. The summed E-state index contributed by atoms with van der Waals surface area (Å²) < 4.78 is 2.51. The molecule has 4 heteroatoms. The average molecular weight is 299 g/mol. The van der Waals surface area contributed by atoms with Gasteiger partial charge in [-0.1, -0.05) is 6.92 Å². The third-order valence-corrected chi connectivity index (χ3v) is 6.69. The standard InChI is InChI=1S/C18H25N3O/c1-17(4-5-17)16(22)20-9-6-18(7-10-20)8-11-21-14(13-2-3-13)12-19-15(18)21/h12-13H,2-11H2,1H3. The highest BCUT2D eigenvalue weighted by atomic mass is 16.2. The van der Waals surface area contributed by atoms with Crippen LogP contribution >= 0.6 is 0 Å².